The van der Waals surface area contributed by atoms with Crippen LogP contribution in [-0.2, 0) is 6.42 Å². The average Bonchev–Trinajstić information content (AvgIpc) is 2.79. The van der Waals surface area contributed by atoms with Gasteiger partial charge in [0.2, 0.25) is 5.89 Å². The van der Waals surface area contributed by atoms with Crippen molar-refractivity contribution in [3.63, 3.8) is 0 Å². The quantitative estimate of drug-likeness (QED) is 0.909. The molecule has 0 saturated carbocycles. The van der Waals surface area contributed by atoms with Gasteiger partial charge in [-0.1, -0.05) is 17.3 Å². The van der Waals surface area contributed by atoms with Gasteiger partial charge in [-0.25, -0.2) is 0 Å². The van der Waals surface area contributed by atoms with Gasteiger partial charge in [0.25, 0.3) is 0 Å². The highest BCUT2D eigenvalue weighted by molar-refractivity contribution is 5.37. The molecule has 0 aliphatic heterocycles. The highest BCUT2D eigenvalue weighted by Gasteiger charge is 2.10. The standard InChI is InChI=1S/C16H23N3O/c1-10-8-12(3)15(9-11(10)2)13(4)17-7-6-16-18-14(5)20-19-16/h8-9,13,17H,6-7H2,1-5H3. The van der Waals surface area contributed by atoms with E-state index in [-0.39, 0.29) is 0 Å². The number of nitrogens with one attached hydrogen (secondary N) is 1. The van der Waals surface area contributed by atoms with Crippen LogP contribution in [-0.4, -0.2) is 16.7 Å². The molecule has 1 N–H and O–H groups in total. The molecule has 0 radical (unpaired) electrons. The number of nitrogens with zero attached hydrogens (tertiary/aromatic N) is 2. The summed E-state index contributed by atoms with van der Waals surface area (Å²) in [6.07, 6.45) is 0.783. The maximum absolute atomic E-state index is 4.97. The second kappa shape index (κ2) is 6.18. The Morgan fingerprint density at radius 3 is 2.45 bits per heavy atom. The number of hydrogen-bond donors (Lipinski definition) is 1. The second-order valence-electron chi connectivity index (χ2n) is 5.45. The summed E-state index contributed by atoms with van der Waals surface area (Å²) in [4.78, 5) is 4.21. The van der Waals surface area contributed by atoms with E-state index in [1.165, 1.54) is 22.3 Å². The van der Waals surface area contributed by atoms with Gasteiger partial charge in [0.1, 0.15) is 0 Å². The van der Waals surface area contributed by atoms with Crippen molar-refractivity contribution in [2.75, 3.05) is 6.54 Å². The third-order valence-corrected chi connectivity index (χ3v) is 3.72. The van der Waals surface area contributed by atoms with Gasteiger partial charge >= 0.3 is 0 Å². The minimum atomic E-state index is 0.322. The van der Waals surface area contributed by atoms with Crippen molar-refractivity contribution >= 4 is 0 Å². The summed E-state index contributed by atoms with van der Waals surface area (Å²) in [6, 6.07) is 4.86. The van der Waals surface area contributed by atoms with E-state index in [0.29, 0.717) is 11.9 Å². The molecule has 1 atom stereocenters. The van der Waals surface area contributed by atoms with Crippen molar-refractivity contribution in [3.8, 4) is 0 Å². The zero-order valence-corrected chi connectivity index (χ0v) is 12.9. The lowest BCUT2D eigenvalue weighted by Crippen LogP contribution is -2.22. The normalized spacial score (nSPS) is 12.7. The monoisotopic (exact) mass is 273 g/mol. The fourth-order valence-corrected chi connectivity index (χ4v) is 2.40. The van der Waals surface area contributed by atoms with Gasteiger partial charge in [-0.3, -0.25) is 0 Å². The second-order valence-corrected chi connectivity index (χ2v) is 5.45. The van der Waals surface area contributed by atoms with Crippen molar-refractivity contribution in [3.05, 3.63) is 46.1 Å². The molecule has 0 bridgehead atoms. The zero-order chi connectivity index (χ0) is 14.7. The molecule has 4 heteroatoms. The molecule has 1 unspecified atom stereocenters. The number of aromatic nitrogens is 2. The Bertz CT molecular complexity index is 589. The molecule has 0 saturated heterocycles. The summed E-state index contributed by atoms with van der Waals surface area (Å²) < 4.78 is 4.97. The fourth-order valence-electron chi connectivity index (χ4n) is 2.40. The van der Waals surface area contributed by atoms with Crippen LogP contribution in [0.2, 0.25) is 0 Å². The van der Waals surface area contributed by atoms with Gasteiger partial charge in [0, 0.05) is 25.9 Å². The number of benzene rings is 1. The van der Waals surface area contributed by atoms with Gasteiger partial charge in [-0.15, -0.1) is 0 Å². The van der Waals surface area contributed by atoms with Crippen LogP contribution in [0, 0.1) is 27.7 Å². The molecule has 1 heterocycles. The van der Waals surface area contributed by atoms with Crippen molar-refractivity contribution in [2.45, 2.75) is 47.1 Å². The Labute approximate surface area is 120 Å². The smallest absolute Gasteiger partial charge is 0.223 e. The summed E-state index contributed by atoms with van der Waals surface area (Å²) in [7, 11) is 0. The van der Waals surface area contributed by atoms with Gasteiger partial charge in [-0.2, -0.15) is 4.98 Å². The molecule has 4 nitrogen and oxygen atoms in total. The van der Waals surface area contributed by atoms with Crippen molar-refractivity contribution in [1.82, 2.24) is 15.5 Å². The minimum absolute atomic E-state index is 0.322. The first-order chi connectivity index (χ1) is 9.47. The largest absolute Gasteiger partial charge is 0.340 e. The minimum Gasteiger partial charge on any atom is -0.340 e. The van der Waals surface area contributed by atoms with Gasteiger partial charge in [0.05, 0.1) is 0 Å². The highest BCUT2D eigenvalue weighted by Crippen LogP contribution is 2.21. The summed E-state index contributed by atoms with van der Waals surface area (Å²) in [5, 5.41) is 7.43. The molecule has 0 fully saturated rings. The Morgan fingerprint density at radius 1 is 1.10 bits per heavy atom. The van der Waals surface area contributed by atoms with Gasteiger partial charge in [-0.05, 0) is 49.9 Å². The molecule has 1 aromatic heterocycles. The van der Waals surface area contributed by atoms with Crippen LogP contribution in [0.4, 0.5) is 0 Å². The molecular formula is C16H23N3O. The first-order valence-electron chi connectivity index (χ1n) is 7.07. The van der Waals surface area contributed by atoms with E-state index >= 15 is 0 Å². The molecule has 0 aliphatic carbocycles. The predicted octanol–water partition coefficient (Wildman–Crippen LogP) is 3.20. The molecule has 0 amide bonds. The molecule has 0 spiro atoms. The third kappa shape index (κ3) is 3.45. The third-order valence-electron chi connectivity index (χ3n) is 3.72. The van der Waals surface area contributed by atoms with E-state index in [2.05, 4.69) is 55.3 Å². The highest BCUT2D eigenvalue weighted by atomic mass is 16.5. The van der Waals surface area contributed by atoms with Crippen LogP contribution >= 0.6 is 0 Å². The average molecular weight is 273 g/mol. The number of aryl methyl sites for hydroxylation is 4. The first-order valence-corrected chi connectivity index (χ1v) is 7.07. The van der Waals surface area contributed by atoms with Crippen LogP contribution in [0.15, 0.2) is 16.7 Å². The van der Waals surface area contributed by atoms with Crippen LogP contribution < -0.4 is 5.32 Å². The number of hydrogen-bond acceptors (Lipinski definition) is 4. The molecule has 2 rings (SSSR count). The SMILES string of the molecule is Cc1nc(CCNC(C)c2cc(C)c(C)cc2C)no1. The van der Waals surface area contributed by atoms with E-state index in [1.807, 2.05) is 6.92 Å². The molecule has 20 heavy (non-hydrogen) atoms. The molecule has 108 valence electrons. The van der Waals surface area contributed by atoms with Crippen molar-refractivity contribution in [2.24, 2.45) is 0 Å². The number of rotatable bonds is 5. The van der Waals surface area contributed by atoms with E-state index < -0.39 is 0 Å². The topological polar surface area (TPSA) is 51.0 Å². The Morgan fingerprint density at radius 2 is 1.80 bits per heavy atom. The van der Waals surface area contributed by atoms with Crippen LogP contribution in [0.1, 0.15) is 46.9 Å². The van der Waals surface area contributed by atoms with E-state index in [0.717, 1.165) is 18.8 Å². The fraction of sp³-hybridized carbons (Fsp3) is 0.500. The van der Waals surface area contributed by atoms with Crippen LogP contribution in [0.3, 0.4) is 0 Å². The molecule has 2 aromatic rings. The maximum atomic E-state index is 4.97. The first kappa shape index (κ1) is 14.7. The van der Waals surface area contributed by atoms with E-state index in [1.54, 1.807) is 0 Å². The van der Waals surface area contributed by atoms with E-state index in [4.69, 9.17) is 4.52 Å². The summed E-state index contributed by atoms with van der Waals surface area (Å²) in [6.45, 7) is 11.3. The predicted molar refractivity (Wildman–Crippen MR) is 79.8 cm³/mol. The van der Waals surface area contributed by atoms with E-state index in [9.17, 15) is 0 Å². The zero-order valence-electron chi connectivity index (χ0n) is 12.9. The summed E-state index contributed by atoms with van der Waals surface area (Å²) >= 11 is 0. The lowest BCUT2D eigenvalue weighted by Gasteiger charge is -2.18. The summed E-state index contributed by atoms with van der Waals surface area (Å²) in [5.74, 6) is 1.39. The Kier molecular flexibility index (Phi) is 4.55. The van der Waals surface area contributed by atoms with Crippen LogP contribution in [0.5, 0.6) is 0 Å². The molecular weight excluding hydrogens is 250 g/mol. The van der Waals surface area contributed by atoms with Crippen LogP contribution in [0.25, 0.3) is 0 Å². The van der Waals surface area contributed by atoms with Gasteiger partial charge in [0.15, 0.2) is 5.82 Å². The van der Waals surface area contributed by atoms with Crippen molar-refractivity contribution < 1.29 is 4.52 Å². The van der Waals surface area contributed by atoms with Gasteiger partial charge < -0.3 is 9.84 Å². The lowest BCUT2D eigenvalue weighted by atomic mass is 9.96. The lowest BCUT2D eigenvalue weighted by molar-refractivity contribution is 0.386. The maximum Gasteiger partial charge on any atom is 0.223 e. The Hall–Kier alpha value is -1.68. The summed E-state index contributed by atoms with van der Waals surface area (Å²) in [5.41, 5.74) is 5.38. The molecule has 1 aromatic carbocycles. The Balaban J connectivity index is 1.95. The molecule has 0 aliphatic rings. The van der Waals surface area contributed by atoms with Crippen molar-refractivity contribution in [1.29, 1.82) is 0 Å².